The molecule has 0 radical (unpaired) electrons. The third kappa shape index (κ3) is 118. The van der Waals surface area contributed by atoms with Crippen molar-refractivity contribution in [2.45, 2.75) is 13.0 Å². The van der Waals surface area contributed by atoms with Gasteiger partial charge in [0.25, 0.3) is 0 Å². The van der Waals surface area contributed by atoms with Gasteiger partial charge in [-0.05, 0) is 6.92 Å². The molecule has 0 spiro atoms. The van der Waals surface area contributed by atoms with Crippen molar-refractivity contribution in [3.05, 3.63) is 11.1 Å². The highest BCUT2D eigenvalue weighted by Crippen LogP contribution is 2.04. The van der Waals surface area contributed by atoms with E-state index in [9.17, 15) is 0 Å². The first-order chi connectivity index (χ1) is 5.63. The van der Waals surface area contributed by atoms with Gasteiger partial charge in [-0.3, -0.25) is 0 Å². The van der Waals surface area contributed by atoms with Gasteiger partial charge in [0.15, 0.2) is 0 Å². The van der Waals surface area contributed by atoms with Crippen molar-refractivity contribution in [1.29, 1.82) is 0 Å². The minimum Gasteiger partial charge on any atom is -0.373 e. The summed E-state index contributed by atoms with van der Waals surface area (Å²) in [6.45, 7) is 6.13. The Balaban J connectivity index is 0. The Kier molecular flexibility index (Phi) is 9.37. The second-order valence-electron chi connectivity index (χ2n) is 2.08. The maximum absolute atomic E-state index is 7.33. The third-order valence-electron chi connectivity index (χ3n) is 0.500. The molecule has 5 nitrogen and oxygen atoms in total. The zero-order valence-electron chi connectivity index (χ0n) is 6.94. The van der Waals surface area contributed by atoms with E-state index >= 15 is 0 Å². The van der Waals surface area contributed by atoms with Gasteiger partial charge in [0, 0.05) is 0 Å². The predicted molar refractivity (Wildman–Crippen MR) is 50.9 cm³/mol. The highest BCUT2D eigenvalue weighted by atomic mass is 35.5. The lowest BCUT2D eigenvalue weighted by atomic mass is 10.6. The van der Waals surface area contributed by atoms with E-state index in [0.717, 1.165) is 6.61 Å². The molecule has 0 aromatic rings. The maximum atomic E-state index is 7.33. The van der Waals surface area contributed by atoms with Gasteiger partial charge in [0.05, 0.1) is 17.2 Å². The molecule has 1 aliphatic rings. The molecule has 1 rings (SSSR count). The maximum Gasteiger partial charge on any atom is 0.668 e. The first kappa shape index (κ1) is 15.8. The Morgan fingerprint density at radius 1 is 1.38 bits per heavy atom. The van der Waals surface area contributed by atoms with Gasteiger partial charge >= 0.3 is 9.05 Å². The van der Waals surface area contributed by atoms with Crippen LogP contribution in [0.15, 0.2) is 11.1 Å². The Morgan fingerprint density at radius 2 is 1.46 bits per heavy atom. The average molecular weight is 251 g/mol. The van der Waals surface area contributed by atoms with Crippen LogP contribution >= 0.6 is 23.2 Å². The Labute approximate surface area is 87.3 Å². The lowest BCUT2D eigenvalue weighted by Crippen LogP contribution is -2.33. The molecule has 1 unspecified atom stereocenters. The van der Waals surface area contributed by atoms with Crippen molar-refractivity contribution in [1.82, 2.24) is 0 Å². The number of hydrogen-bond donors (Lipinski definition) is 4. The lowest BCUT2D eigenvalue weighted by Gasteiger charge is -1.91. The summed E-state index contributed by atoms with van der Waals surface area (Å²) in [7, 11) is -4.61. The second kappa shape index (κ2) is 7.71. The van der Waals surface area contributed by atoms with Crippen LogP contribution in [0.25, 0.3) is 0 Å². The fourth-order valence-corrected chi connectivity index (χ4v) is 0.0962. The molecule has 0 aromatic heterocycles. The van der Waals surface area contributed by atoms with E-state index in [1.165, 1.54) is 0 Å². The van der Waals surface area contributed by atoms with Crippen LogP contribution in [-0.2, 0) is 4.74 Å². The van der Waals surface area contributed by atoms with Gasteiger partial charge in [-0.25, -0.2) is 0 Å². The van der Waals surface area contributed by atoms with Crippen LogP contribution in [-0.4, -0.2) is 40.9 Å². The molecule has 0 aliphatic carbocycles. The third-order valence-corrected chi connectivity index (χ3v) is 0.500. The topological polar surface area (TPSA) is 93.5 Å². The van der Waals surface area contributed by atoms with E-state index in [1.807, 2.05) is 0 Å². The van der Waals surface area contributed by atoms with E-state index < -0.39 is 9.05 Å². The Morgan fingerprint density at radius 3 is 1.46 bits per heavy atom. The lowest BCUT2D eigenvalue weighted by molar-refractivity contribution is 0.117. The van der Waals surface area contributed by atoms with Crippen molar-refractivity contribution in [3.8, 4) is 0 Å². The summed E-state index contributed by atoms with van der Waals surface area (Å²) in [6.07, 6.45) is 0.583. The zero-order valence-corrected chi connectivity index (χ0v) is 9.46. The second-order valence-corrected chi connectivity index (χ2v) is 4.39. The molecule has 13 heavy (non-hydrogen) atoms. The van der Waals surface area contributed by atoms with Crippen molar-refractivity contribution in [2.75, 3.05) is 6.61 Å². The van der Waals surface area contributed by atoms with Crippen LogP contribution in [0.1, 0.15) is 6.92 Å². The molecular formula is C5H12Cl2O5Si. The van der Waals surface area contributed by atoms with Crippen LogP contribution in [0.2, 0.25) is 0 Å². The number of halogens is 2. The monoisotopic (exact) mass is 250 g/mol. The molecule has 0 bridgehead atoms. The highest BCUT2D eigenvalue weighted by Gasteiger charge is 2.22. The molecule has 1 atom stereocenters. The van der Waals surface area contributed by atoms with Gasteiger partial charge in [0.2, 0.25) is 0 Å². The summed E-state index contributed by atoms with van der Waals surface area (Å²) in [4.78, 5) is 29.3. The fourth-order valence-electron chi connectivity index (χ4n) is 0.0962. The normalized spacial score (nSPS) is 18.8. The summed E-state index contributed by atoms with van der Waals surface area (Å²) < 4.78 is 4.82. The van der Waals surface area contributed by atoms with E-state index in [0.29, 0.717) is 6.10 Å². The average Bonchev–Trinajstić information content (AvgIpc) is 2.42. The number of hydrogen-bond acceptors (Lipinski definition) is 5. The molecule has 1 heterocycles. The minimum atomic E-state index is -4.61. The first-order valence-corrected chi connectivity index (χ1v) is 5.68. The van der Waals surface area contributed by atoms with Gasteiger partial charge in [-0.1, -0.05) is 29.8 Å². The molecule has 0 amide bonds. The Hall–Kier alpha value is 0.337. The van der Waals surface area contributed by atoms with E-state index in [-0.39, 0.29) is 4.49 Å². The predicted octanol–water partition coefficient (Wildman–Crippen LogP) is -0.269. The minimum absolute atomic E-state index is 0.111. The smallest absolute Gasteiger partial charge is 0.373 e. The highest BCUT2D eigenvalue weighted by molar-refractivity contribution is 6.55. The van der Waals surface area contributed by atoms with E-state index in [2.05, 4.69) is 13.5 Å². The van der Waals surface area contributed by atoms with Gasteiger partial charge in [-0.15, -0.1) is 0 Å². The van der Waals surface area contributed by atoms with Gasteiger partial charge < -0.3 is 23.9 Å². The number of ether oxygens (including phenoxy) is 1. The molecule has 4 N–H and O–H groups in total. The van der Waals surface area contributed by atoms with E-state index in [4.69, 9.17) is 47.1 Å². The van der Waals surface area contributed by atoms with Gasteiger partial charge in [0.1, 0.15) is 0 Å². The van der Waals surface area contributed by atoms with Crippen molar-refractivity contribution >= 4 is 32.2 Å². The first-order valence-electron chi connectivity index (χ1n) is 3.14. The Bertz CT molecular complexity index is 134. The van der Waals surface area contributed by atoms with Crippen LogP contribution in [0.5, 0.6) is 0 Å². The van der Waals surface area contributed by atoms with Crippen LogP contribution < -0.4 is 0 Å². The molecule has 0 aromatic carbocycles. The van der Waals surface area contributed by atoms with Crippen LogP contribution in [0, 0.1) is 0 Å². The van der Waals surface area contributed by atoms with Gasteiger partial charge in [-0.2, -0.15) is 0 Å². The SMILES string of the molecule is C=C(Cl)Cl.CC1CO1.O[Si](O)(O)O. The van der Waals surface area contributed by atoms with E-state index in [1.54, 1.807) is 0 Å². The molecule has 80 valence electrons. The molecular weight excluding hydrogens is 239 g/mol. The number of epoxide rings is 1. The molecule has 1 fully saturated rings. The summed E-state index contributed by atoms with van der Waals surface area (Å²) in [6, 6.07) is 0. The largest absolute Gasteiger partial charge is 0.668 e. The molecule has 1 aliphatic heterocycles. The summed E-state index contributed by atoms with van der Waals surface area (Å²) in [5.41, 5.74) is 0. The van der Waals surface area contributed by atoms with Crippen molar-refractivity contribution < 1.29 is 23.9 Å². The summed E-state index contributed by atoms with van der Waals surface area (Å²) >= 11 is 9.69. The van der Waals surface area contributed by atoms with Crippen molar-refractivity contribution in [3.63, 3.8) is 0 Å². The zero-order chi connectivity index (χ0) is 11.1. The molecule has 1 saturated heterocycles. The molecule has 8 heteroatoms. The number of rotatable bonds is 0. The fraction of sp³-hybridized carbons (Fsp3) is 0.600. The summed E-state index contributed by atoms with van der Waals surface area (Å²) in [5.74, 6) is 0. The summed E-state index contributed by atoms with van der Waals surface area (Å²) in [5, 5.41) is 0. The van der Waals surface area contributed by atoms with Crippen LogP contribution in [0.3, 0.4) is 0 Å². The standard InChI is InChI=1S/C3H6O.C2H2Cl2.H4O4Si/c1-3-2-4-3;1-2(3)4;1-5(2,3)4/h3H,2H2,1H3;1H2;1-4H. The van der Waals surface area contributed by atoms with Crippen LogP contribution in [0.4, 0.5) is 0 Å². The quantitative estimate of drug-likeness (QED) is 0.351. The van der Waals surface area contributed by atoms with Crippen molar-refractivity contribution in [2.24, 2.45) is 0 Å². The molecule has 0 saturated carbocycles.